The van der Waals surface area contributed by atoms with Crippen LogP contribution in [0.4, 0.5) is 4.39 Å². The van der Waals surface area contributed by atoms with Crippen LogP contribution in [0.3, 0.4) is 0 Å². The van der Waals surface area contributed by atoms with Gasteiger partial charge in [-0.3, -0.25) is 0 Å². The lowest BCUT2D eigenvalue weighted by atomic mass is 10.1. The average molecular weight is 233 g/mol. The van der Waals surface area contributed by atoms with Gasteiger partial charge in [0.1, 0.15) is 11.6 Å². The van der Waals surface area contributed by atoms with Gasteiger partial charge in [0.05, 0.1) is 6.04 Å². The summed E-state index contributed by atoms with van der Waals surface area (Å²) in [4.78, 5) is 7.21. The molecule has 90 valence electrons. The predicted molar refractivity (Wildman–Crippen MR) is 65.0 cm³/mol. The SMILES string of the molecule is CC(NC(C)c1ccccc1F)c1ncc[nH]1. The molecule has 1 aromatic heterocycles. The van der Waals surface area contributed by atoms with Crippen molar-refractivity contribution in [2.24, 2.45) is 0 Å². The fraction of sp³-hybridized carbons (Fsp3) is 0.308. The molecule has 2 aromatic rings. The average Bonchev–Trinajstić information content (AvgIpc) is 2.82. The third-order valence-corrected chi connectivity index (χ3v) is 2.80. The minimum atomic E-state index is -0.181. The second-order valence-electron chi connectivity index (χ2n) is 4.11. The van der Waals surface area contributed by atoms with E-state index in [2.05, 4.69) is 15.3 Å². The summed E-state index contributed by atoms with van der Waals surface area (Å²) >= 11 is 0. The molecule has 0 saturated heterocycles. The molecule has 0 radical (unpaired) electrons. The van der Waals surface area contributed by atoms with Crippen LogP contribution < -0.4 is 5.32 Å². The van der Waals surface area contributed by atoms with E-state index < -0.39 is 0 Å². The first-order valence-electron chi connectivity index (χ1n) is 5.68. The van der Waals surface area contributed by atoms with E-state index >= 15 is 0 Å². The lowest BCUT2D eigenvalue weighted by molar-refractivity contribution is 0.462. The van der Waals surface area contributed by atoms with Gasteiger partial charge in [-0.25, -0.2) is 9.37 Å². The van der Waals surface area contributed by atoms with Crippen molar-refractivity contribution in [1.82, 2.24) is 15.3 Å². The normalized spacial score (nSPS) is 14.5. The maximum atomic E-state index is 13.6. The van der Waals surface area contributed by atoms with E-state index in [0.717, 1.165) is 5.82 Å². The number of halogens is 1. The maximum Gasteiger partial charge on any atom is 0.127 e. The second kappa shape index (κ2) is 5.10. The topological polar surface area (TPSA) is 40.7 Å². The molecule has 0 amide bonds. The number of aromatic amines is 1. The number of hydrogen-bond donors (Lipinski definition) is 2. The van der Waals surface area contributed by atoms with E-state index in [-0.39, 0.29) is 17.9 Å². The molecule has 4 heteroatoms. The molecule has 0 fully saturated rings. The third-order valence-electron chi connectivity index (χ3n) is 2.80. The highest BCUT2D eigenvalue weighted by atomic mass is 19.1. The monoisotopic (exact) mass is 233 g/mol. The molecular formula is C13H16FN3. The summed E-state index contributed by atoms with van der Waals surface area (Å²) in [6.45, 7) is 3.94. The fourth-order valence-electron chi connectivity index (χ4n) is 1.88. The summed E-state index contributed by atoms with van der Waals surface area (Å²) in [5.41, 5.74) is 0.672. The second-order valence-corrected chi connectivity index (χ2v) is 4.11. The van der Waals surface area contributed by atoms with Gasteiger partial charge in [0.25, 0.3) is 0 Å². The Morgan fingerprint density at radius 3 is 2.65 bits per heavy atom. The number of nitrogens with zero attached hydrogens (tertiary/aromatic N) is 1. The highest BCUT2D eigenvalue weighted by molar-refractivity contribution is 5.20. The van der Waals surface area contributed by atoms with E-state index in [1.165, 1.54) is 6.07 Å². The Morgan fingerprint density at radius 2 is 2.00 bits per heavy atom. The Hall–Kier alpha value is -1.68. The molecule has 0 saturated carbocycles. The largest absolute Gasteiger partial charge is 0.347 e. The summed E-state index contributed by atoms with van der Waals surface area (Å²) < 4.78 is 13.6. The fourth-order valence-corrected chi connectivity index (χ4v) is 1.88. The Bertz CT molecular complexity index is 467. The summed E-state index contributed by atoms with van der Waals surface area (Å²) in [5.74, 6) is 0.673. The molecule has 2 N–H and O–H groups in total. The van der Waals surface area contributed by atoms with Crippen molar-refractivity contribution in [3.8, 4) is 0 Å². The molecule has 0 aliphatic carbocycles. The van der Waals surface area contributed by atoms with Crippen molar-refractivity contribution in [3.63, 3.8) is 0 Å². The van der Waals surface area contributed by atoms with Gasteiger partial charge in [-0.1, -0.05) is 18.2 Å². The van der Waals surface area contributed by atoms with Crippen LogP contribution in [0.5, 0.6) is 0 Å². The summed E-state index contributed by atoms with van der Waals surface area (Å²) in [5, 5.41) is 3.31. The van der Waals surface area contributed by atoms with Gasteiger partial charge in [-0.2, -0.15) is 0 Å². The third kappa shape index (κ3) is 2.71. The molecule has 17 heavy (non-hydrogen) atoms. The zero-order chi connectivity index (χ0) is 12.3. The lowest BCUT2D eigenvalue weighted by Crippen LogP contribution is -2.24. The van der Waals surface area contributed by atoms with Crippen molar-refractivity contribution in [1.29, 1.82) is 0 Å². The molecule has 2 unspecified atom stereocenters. The lowest BCUT2D eigenvalue weighted by Gasteiger charge is -2.19. The molecule has 0 aliphatic rings. The summed E-state index contributed by atoms with van der Waals surface area (Å²) in [6.07, 6.45) is 3.49. The van der Waals surface area contributed by atoms with Gasteiger partial charge in [-0.05, 0) is 19.9 Å². The first-order valence-corrected chi connectivity index (χ1v) is 5.68. The van der Waals surface area contributed by atoms with Crippen LogP contribution in [-0.2, 0) is 0 Å². The van der Waals surface area contributed by atoms with Crippen LogP contribution in [0.25, 0.3) is 0 Å². The Balaban J connectivity index is 2.07. The van der Waals surface area contributed by atoms with Gasteiger partial charge in [-0.15, -0.1) is 0 Å². The van der Waals surface area contributed by atoms with E-state index in [1.54, 1.807) is 24.5 Å². The first kappa shape index (κ1) is 11.8. The minimum Gasteiger partial charge on any atom is -0.347 e. The van der Waals surface area contributed by atoms with Gasteiger partial charge < -0.3 is 10.3 Å². The maximum absolute atomic E-state index is 13.6. The highest BCUT2D eigenvalue weighted by Gasteiger charge is 2.14. The molecule has 2 rings (SSSR count). The van der Waals surface area contributed by atoms with Crippen LogP contribution in [0, 0.1) is 5.82 Å². The Labute approximate surface area is 100 Å². The molecule has 0 spiro atoms. The summed E-state index contributed by atoms with van der Waals surface area (Å²) in [6, 6.07) is 6.80. The van der Waals surface area contributed by atoms with Crippen LogP contribution in [-0.4, -0.2) is 9.97 Å². The Kier molecular flexibility index (Phi) is 3.54. The van der Waals surface area contributed by atoms with Crippen molar-refractivity contribution >= 4 is 0 Å². The Morgan fingerprint density at radius 1 is 1.24 bits per heavy atom. The smallest absolute Gasteiger partial charge is 0.127 e. The first-order chi connectivity index (χ1) is 8.18. The van der Waals surface area contributed by atoms with E-state index in [1.807, 2.05) is 19.9 Å². The van der Waals surface area contributed by atoms with Crippen LogP contribution in [0.15, 0.2) is 36.7 Å². The highest BCUT2D eigenvalue weighted by Crippen LogP contribution is 2.19. The zero-order valence-corrected chi connectivity index (χ0v) is 9.94. The molecule has 1 heterocycles. The van der Waals surface area contributed by atoms with Crippen LogP contribution in [0.2, 0.25) is 0 Å². The molecule has 1 aromatic carbocycles. The molecule has 0 aliphatic heterocycles. The standard InChI is InChI=1S/C13H16FN3/c1-9(11-5-3-4-6-12(11)14)17-10(2)13-15-7-8-16-13/h3-10,17H,1-2H3,(H,15,16). The molecule has 3 nitrogen and oxygen atoms in total. The summed E-state index contributed by atoms with van der Waals surface area (Å²) in [7, 11) is 0. The number of H-pyrrole nitrogens is 1. The zero-order valence-electron chi connectivity index (χ0n) is 9.94. The van der Waals surface area contributed by atoms with Gasteiger partial charge in [0.2, 0.25) is 0 Å². The van der Waals surface area contributed by atoms with E-state index in [0.29, 0.717) is 5.56 Å². The number of rotatable bonds is 4. The predicted octanol–water partition coefficient (Wildman–Crippen LogP) is 2.96. The van der Waals surface area contributed by atoms with Crippen molar-refractivity contribution in [2.45, 2.75) is 25.9 Å². The minimum absolute atomic E-state index is 0.0552. The number of hydrogen-bond acceptors (Lipinski definition) is 2. The number of aromatic nitrogens is 2. The van der Waals surface area contributed by atoms with Crippen molar-refractivity contribution in [3.05, 3.63) is 53.9 Å². The number of nitrogens with one attached hydrogen (secondary N) is 2. The van der Waals surface area contributed by atoms with Gasteiger partial charge in [0.15, 0.2) is 0 Å². The van der Waals surface area contributed by atoms with Crippen molar-refractivity contribution in [2.75, 3.05) is 0 Å². The number of benzene rings is 1. The van der Waals surface area contributed by atoms with Crippen LogP contribution >= 0.6 is 0 Å². The van der Waals surface area contributed by atoms with Gasteiger partial charge in [0, 0.05) is 24.0 Å². The van der Waals surface area contributed by atoms with E-state index in [4.69, 9.17) is 0 Å². The molecule has 0 bridgehead atoms. The van der Waals surface area contributed by atoms with E-state index in [9.17, 15) is 4.39 Å². The number of imidazole rings is 1. The van der Waals surface area contributed by atoms with Crippen LogP contribution in [0.1, 0.15) is 37.3 Å². The van der Waals surface area contributed by atoms with Gasteiger partial charge >= 0.3 is 0 Å². The molecular weight excluding hydrogens is 217 g/mol. The van der Waals surface area contributed by atoms with Crippen molar-refractivity contribution < 1.29 is 4.39 Å². The quantitative estimate of drug-likeness (QED) is 0.852. The molecule has 2 atom stereocenters.